The average Bonchev–Trinajstić information content (AvgIpc) is 1.94. The number of halogens is 3. The van der Waals surface area contributed by atoms with E-state index in [1.54, 1.807) is 0 Å². The summed E-state index contributed by atoms with van der Waals surface area (Å²) in [7, 11) is 0. The molecule has 1 aromatic rings. The topological polar surface area (TPSA) is 26.9 Å². The van der Waals surface area contributed by atoms with Crippen LogP contribution in [-0.4, -0.2) is 0 Å². The molecule has 0 unspecified atom stereocenters. The van der Waals surface area contributed by atoms with Gasteiger partial charge in [-0.25, -0.2) is 0 Å². The predicted molar refractivity (Wildman–Crippen MR) is 38.1 cm³/mol. The summed E-state index contributed by atoms with van der Waals surface area (Å²) in [5.41, 5.74) is -0.542. The number of aromatic nitrogens is 1. The van der Waals surface area contributed by atoms with E-state index in [0.29, 0.717) is 4.47 Å². The molecule has 0 saturated carbocycles. The number of nitrogens with zero attached hydrogens (tertiary/aromatic N) is 1. The minimum absolute atomic E-state index is 0.148. The summed E-state index contributed by atoms with van der Waals surface area (Å²) in [6.07, 6.45) is -1.70. The van der Waals surface area contributed by atoms with Crippen LogP contribution in [0.4, 0.5) is 8.78 Å². The number of pyridine rings is 1. The highest BCUT2D eigenvalue weighted by molar-refractivity contribution is 9.10. The Balaban J connectivity index is 3.13. The molecule has 60 valence electrons. The van der Waals surface area contributed by atoms with E-state index < -0.39 is 12.1 Å². The van der Waals surface area contributed by atoms with Crippen molar-refractivity contribution in [2.24, 2.45) is 0 Å². The summed E-state index contributed by atoms with van der Waals surface area (Å²) in [4.78, 5) is 0. The SMILES string of the molecule is [O-][n+]1ccc(Br)cc1C(F)F. The van der Waals surface area contributed by atoms with Gasteiger partial charge < -0.3 is 5.21 Å². The molecule has 0 aliphatic heterocycles. The van der Waals surface area contributed by atoms with E-state index in [2.05, 4.69) is 15.9 Å². The highest BCUT2D eigenvalue weighted by Crippen LogP contribution is 2.17. The summed E-state index contributed by atoms with van der Waals surface area (Å²) >= 11 is 2.98. The molecule has 0 N–H and O–H groups in total. The summed E-state index contributed by atoms with van der Waals surface area (Å²) in [5, 5.41) is 10.6. The third kappa shape index (κ3) is 1.86. The van der Waals surface area contributed by atoms with Gasteiger partial charge in [0, 0.05) is 16.6 Å². The predicted octanol–water partition coefficient (Wildman–Crippen LogP) is 2.02. The van der Waals surface area contributed by atoms with Crippen LogP contribution in [0.25, 0.3) is 0 Å². The normalized spacial score (nSPS) is 10.5. The second kappa shape index (κ2) is 3.13. The van der Waals surface area contributed by atoms with Crippen LogP contribution in [-0.2, 0) is 0 Å². The minimum atomic E-state index is -2.73. The third-order valence-corrected chi connectivity index (χ3v) is 1.63. The molecule has 0 atom stereocenters. The second-order valence-corrected chi connectivity index (χ2v) is 2.81. The van der Waals surface area contributed by atoms with Crippen molar-refractivity contribution in [1.29, 1.82) is 0 Å². The molecular weight excluding hydrogens is 220 g/mol. The van der Waals surface area contributed by atoms with Gasteiger partial charge in [-0.1, -0.05) is 15.9 Å². The van der Waals surface area contributed by atoms with Crippen molar-refractivity contribution in [3.8, 4) is 0 Å². The first-order valence-electron chi connectivity index (χ1n) is 2.78. The standard InChI is InChI=1S/C6H4BrF2NO/c7-4-1-2-10(11)5(3-4)6(8)9/h1-3,6H. The highest BCUT2D eigenvalue weighted by Gasteiger charge is 2.17. The lowest BCUT2D eigenvalue weighted by atomic mass is 10.4. The molecular formula is C6H4BrF2NO. The minimum Gasteiger partial charge on any atom is -0.618 e. The Kier molecular flexibility index (Phi) is 2.38. The molecule has 0 bridgehead atoms. The monoisotopic (exact) mass is 223 g/mol. The Morgan fingerprint density at radius 2 is 2.18 bits per heavy atom. The van der Waals surface area contributed by atoms with Crippen molar-refractivity contribution < 1.29 is 13.5 Å². The smallest absolute Gasteiger partial charge is 0.322 e. The number of rotatable bonds is 1. The lowest BCUT2D eigenvalue weighted by Gasteiger charge is -2.02. The summed E-state index contributed by atoms with van der Waals surface area (Å²) in [6, 6.07) is 2.50. The summed E-state index contributed by atoms with van der Waals surface area (Å²) in [6.45, 7) is 0. The molecule has 0 saturated heterocycles. The van der Waals surface area contributed by atoms with Gasteiger partial charge in [0.2, 0.25) is 0 Å². The number of alkyl halides is 2. The molecule has 0 aliphatic carbocycles. The number of hydrogen-bond donors (Lipinski definition) is 0. The molecule has 0 amide bonds. The molecule has 0 fully saturated rings. The van der Waals surface area contributed by atoms with E-state index in [1.165, 1.54) is 6.07 Å². The van der Waals surface area contributed by atoms with Crippen LogP contribution in [0.1, 0.15) is 12.1 Å². The molecule has 0 spiro atoms. The maximum atomic E-state index is 12.0. The van der Waals surface area contributed by atoms with Crippen LogP contribution in [0.3, 0.4) is 0 Å². The zero-order valence-electron chi connectivity index (χ0n) is 5.30. The fourth-order valence-electron chi connectivity index (χ4n) is 0.637. The van der Waals surface area contributed by atoms with Gasteiger partial charge in [-0.15, -0.1) is 0 Å². The van der Waals surface area contributed by atoms with Crippen molar-refractivity contribution in [3.63, 3.8) is 0 Å². The van der Waals surface area contributed by atoms with E-state index in [4.69, 9.17) is 0 Å². The molecule has 2 nitrogen and oxygen atoms in total. The number of hydrogen-bond acceptors (Lipinski definition) is 1. The average molecular weight is 224 g/mol. The van der Waals surface area contributed by atoms with E-state index in [0.717, 1.165) is 12.3 Å². The largest absolute Gasteiger partial charge is 0.618 e. The lowest BCUT2D eigenvalue weighted by molar-refractivity contribution is -0.619. The van der Waals surface area contributed by atoms with Gasteiger partial charge >= 0.3 is 6.43 Å². The molecule has 0 aliphatic rings. The van der Waals surface area contributed by atoms with Crippen molar-refractivity contribution in [3.05, 3.63) is 33.7 Å². The first kappa shape index (κ1) is 8.39. The van der Waals surface area contributed by atoms with Gasteiger partial charge in [-0.05, 0) is 0 Å². The zero-order chi connectivity index (χ0) is 8.43. The second-order valence-electron chi connectivity index (χ2n) is 1.90. The molecule has 5 heteroatoms. The van der Waals surface area contributed by atoms with E-state index in [-0.39, 0.29) is 4.73 Å². The Hall–Kier alpha value is -0.710. The van der Waals surface area contributed by atoms with E-state index >= 15 is 0 Å². The van der Waals surface area contributed by atoms with Gasteiger partial charge in [0.15, 0.2) is 6.20 Å². The van der Waals surface area contributed by atoms with Crippen LogP contribution in [0, 0.1) is 5.21 Å². The highest BCUT2D eigenvalue weighted by atomic mass is 79.9. The first-order chi connectivity index (χ1) is 5.11. The fourth-order valence-corrected chi connectivity index (χ4v) is 0.990. The maximum absolute atomic E-state index is 12.0. The Morgan fingerprint density at radius 3 is 2.64 bits per heavy atom. The zero-order valence-corrected chi connectivity index (χ0v) is 6.88. The Morgan fingerprint density at radius 1 is 1.55 bits per heavy atom. The summed E-state index contributed by atoms with van der Waals surface area (Å²) in [5.74, 6) is 0. The van der Waals surface area contributed by atoms with Crippen LogP contribution in [0.2, 0.25) is 0 Å². The van der Waals surface area contributed by atoms with Crippen molar-refractivity contribution in [2.75, 3.05) is 0 Å². The Bertz CT molecular complexity index is 267. The van der Waals surface area contributed by atoms with Gasteiger partial charge in [0.05, 0.1) is 0 Å². The first-order valence-corrected chi connectivity index (χ1v) is 3.57. The Labute approximate surface area is 70.2 Å². The fraction of sp³-hybridized carbons (Fsp3) is 0.167. The van der Waals surface area contributed by atoms with E-state index in [9.17, 15) is 14.0 Å². The van der Waals surface area contributed by atoms with Crippen LogP contribution in [0.15, 0.2) is 22.8 Å². The van der Waals surface area contributed by atoms with Crippen LogP contribution < -0.4 is 4.73 Å². The molecule has 1 heterocycles. The van der Waals surface area contributed by atoms with Gasteiger partial charge in [-0.3, -0.25) is 0 Å². The lowest BCUT2D eigenvalue weighted by Crippen LogP contribution is -2.31. The quantitative estimate of drug-likeness (QED) is 0.529. The third-order valence-electron chi connectivity index (χ3n) is 1.13. The van der Waals surface area contributed by atoms with Crippen LogP contribution >= 0.6 is 15.9 Å². The van der Waals surface area contributed by atoms with Crippen molar-refractivity contribution in [2.45, 2.75) is 6.43 Å². The molecule has 0 radical (unpaired) electrons. The molecule has 1 aromatic heterocycles. The van der Waals surface area contributed by atoms with Crippen LogP contribution in [0.5, 0.6) is 0 Å². The van der Waals surface area contributed by atoms with Gasteiger partial charge in [0.25, 0.3) is 5.69 Å². The summed E-state index contributed by atoms with van der Waals surface area (Å²) < 4.78 is 24.6. The van der Waals surface area contributed by atoms with E-state index in [1.807, 2.05) is 0 Å². The maximum Gasteiger partial charge on any atom is 0.322 e. The van der Waals surface area contributed by atoms with Gasteiger partial charge in [0.1, 0.15) is 0 Å². The molecule has 11 heavy (non-hydrogen) atoms. The van der Waals surface area contributed by atoms with Crippen molar-refractivity contribution >= 4 is 15.9 Å². The molecule has 0 aromatic carbocycles. The van der Waals surface area contributed by atoms with Crippen molar-refractivity contribution in [1.82, 2.24) is 0 Å². The molecule has 1 rings (SSSR count). The van der Waals surface area contributed by atoms with Gasteiger partial charge in [-0.2, -0.15) is 13.5 Å².